The molecule has 0 bridgehead atoms. The van der Waals surface area contributed by atoms with E-state index in [4.69, 9.17) is 0 Å². The van der Waals surface area contributed by atoms with Gasteiger partial charge in [0.2, 0.25) is 0 Å². The molecule has 6 heteroatoms. The van der Waals surface area contributed by atoms with Crippen molar-refractivity contribution in [3.63, 3.8) is 0 Å². The minimum absolute atomic E-state index is 0.0274. The average molecular weight is 505 g/mol. The fourth-order valence-electron chi connectivity index (χ4n) is 10.7. The molecule has 36 heavy (non-hydrogen) atoms. The lowest BCUT2D eigenvalue weighted by Gasteiger charge is -2.71. The molecule has 0 spiro atoms. The summed E-state index contributed by atoms with van der Waals surface area (Å²) in [5.74, 6) is -0.619. The van der Waals surface area contributed by atoms with Crippen LogP contribution in [0, 0.1) is 50.2 Å². The quantitative estimate of drug-likeness (QED) is 0.369. The number of fused-ring (bicyclic) bond motifs is 7. The zero-order chi connectivity index (χ0) is 26.5. The molecule has 4 fully saturated rings. The predicted octanol–water partition coefficient (Wildman–Crippen LogP) is 4.15. The fraction of sp³-hybridized carbons (Fsp3) is 0.900. The highest BCUT2D eigenvalue weighted by atomic mass is 16.4. The Kier molecular flexibility index (Phi) is 5.95. The summed E-state index contributed by atoms with van der Waals surface area (Å²) in [7, 11) is 0. The van der Waals surface area contributed by atoms with E-state index in [-0.39, 0.29) is 47.2 Å². The molecular formula is C30H48O6. The maximum atomic E-state index is 12.8. The Morgan fingerprint density at radius 2 is 1.58 bits per heavy atom. The van der Waals surface area contributed by atoms with Crippen molar-refractivity contribution < 1.29 is 30.3 Å². The summed E-state index contributed by atoms with van der Waals surface area (Å²) in [6, 6.07) is 0. The van der Waals surface area contributed by atoms with Crippen molar-refractivity contribution >= 4 is 5.97 Å². The third-order valence-corrected chi connectivity index (χ3v) is 13.2. The van der Waals surface area contributed by atoms with E-state index in [1.807, 2.05) is 6.92 Å². The summed E-state index contributed by atoms with van der Waals surface area (Å²) in [4.78, 5) is 12.8. The Hall–Kier alpha value is -0.950. The highest BCUT2D eigenvalue weighted by Crippen LogP contribution is 2.75. The Bertz CT molecular complexity index is 959. The van der Waals surface area contributed by atoms with Crippen LogP contribution < -0.4 is 0 Å². The molecule has 5 aliphatic carbocycles. The summed E-state index contributed by atoms with van der Waals surface area (Å²) in [6.07, 6.45) is 7.16. The van der Waals surface area contributed by atoms with E-state index in [1.54, 1.807) is 0 Å². The first-order chi connectivity index (χ1) is 16.7. The van der Waals surface area contributed by atoms with Crippen LogP contribution in [0.5, 0.6) is 0 Å². The molecule has 0 aromatic heterocycles. The molecule has 5 aliphatic rings. The maximum Gasteiger partial charge on any atom is 0.310 e. The number of carbonyl (C=O) groups is 1. The van der Waals surface area contributed by atoms with Crippen molar-refractivity contribution in [3.05, 3.63) is 11.6 Å². The highest BCUT2D eigenvalue weighted by molar-refractivity contribution is 5.76. The molecule has 0 heterocycles. The number of carboxylic acids is 1. The smallest absolute Gasteiger partial charge is 0.310 e. The number of hydrogen-bond donors (Lipinski definition) is 5. The maximum absolute atomic E-state index is 12.8. The van der Waals surface area contributed by atoms with Crippen LogP contribution in [0.25, 0.3) is 0 Å². The molecule has 0 saturated heterocycles. The molecule has 0 aliphatic heterocycles. The molecule has 0 aromatic rings. The summed E-state index contributed by atoms with van der Waals surface area (Å²) >= 11 is 0. The molecule has 5 N–H and O–H groups in total. The molecular weight excluding hydrogens is 456 g/mol. The van der Waals surface area contributed by atoms with E-state index in [9.17, 15) is 30.3 Å². The second-order valence-corrected chi connectivity index (χ2v) is 14.9. The van der Waals surface area contributed by atoms with Gasteiger partial charge in [-0.1, -0.05) is 46.3 Å². The SMILES string of the molecule is CC1(C)CC[C@]2(C(=O)O)CC[C@]3(C)C(=CC[C@@H]4[C@@]5(CO)C[C@@H](O)[C@H](O)[C@@](C)(CO)[C@@H]5CC[C@]43C)[C@@H]2C1. The van der Waals surface area contributed by atoms with E-state index in [1.165, 1.54) is 5.57 Å². The first kappa shape index (κ1) is 26.6. The second kappa shape index (κ2) is 8.03. The standard InChI is InChI=1S/C30H48O6/c1-25(2)10-12-29(24(35)36)13-11-27(4)18(19(29)14-25)6-7-22-28(27,5)9-8-21-26(3,16-31)23(34)20(33)15-30(21,22)17-32/h6,19-23,31-34H,7-17H2,1-5H3,(H,35,36)/t19-,20+,21-,22-,23-,26-,27+,28+,29-,30+/m0/s1. The summed E-state index contributed by atoms with van der Waals surface area (Å²) < 4.78 is 0. The van der Waals surface area contributed by atoms with Gasteiger partial charge in [0, 0.05) is 17.4 Å². The van der Waals surface area contributed by atoms with Gasteiger partial charge in [0.25, 0.3) is 0 Å². The van der Waals surface area contributed by atoms with Gasteiger partial charge in [0.05, 0.1) is 24.2 Å². The van der Waals surface area contributed by atoms with E-state index in [0.717, 1.165) is 44.9 Å². The van der Waals surface area contributed by atoms with Crippen LogP contribution in [0.15, 0.2) is 11.6 Å². The Balaban J connectivity index is 1.63. The van der Waals surface area contributed by atoms with Gasteiger partial charge >= 0.3 is 5.97 Å². The van der Waals surface area contributed by atoms with Gasteiger partial charge in [-0.05, 0) is 91.8 Å². The zero-order valence-electron chi connectivity index (χ0n) is 22.9. The van der Waals surface area contributed by atoms with Gasteiger partial charge in [-0.25, -0.2) is 0 Å². The molecule has 0 radical (unpaired) electrons. The number of allylic oxidation sites excluding steroid dienone is 2. The van der Waals surface area contributed by atoms with Crippen molar-refractivity contribution in [3.8, 4) is 0 Å². The molecule has 0 aromatic carbocycles. The summed E-state index contributed by atoms with van der Waals surface area (Å²) in [5.41, 5.74) is -1.06. The van der Waals surface area contributed by atoms with Crippen molar-refractivity contribution in [2.75, 3.05) is 13.2 Å². The average Bonchev–Trinajstić information content (AvgIpc) is 2.82. The van der Waals surface area contributed by atoms with Crippen LogP contribution >= 0.6 is 0 Å². The van der Waals surface area contributed by atoms with Gasteiger partial charge < -0.3 is 25.5 Å². The van der Waals surface area contributed by atoms with Gasteiger partial charge in [-0.2, -0.15) is 0 Å². The summed E-state index contributed by atoms with van der Waals surface area (Å²) in [5, 5.41) is 53.9. The van der Waals surface area contributed by atoms with Gasteiger partial charge in [0.1, 0.15) is 0 Å². The van der Waals surface area contributed by atoms with Gasteiger partial charge in [-0.15, -0.1) is 0 Å². The molecule has 5 rings (SSSR count). The van der Waals surface area contributed by atoms with Crippen LogP contribution in [0.3, 0.4) is 0 Å². The lowest BCUT2D eigenvalue weighted by molar-refractivity contribution is -0.258. The minimum Gasteiger partial charge on any atom is -0.481 e. The number of aliphatic hydroxyl groups excluding tert-OH is 4. The lowest BCUT2D eigenvalue weighted by Crippen LogP contribution is -2.69. The summed E-state index contributed by atoms with van der Waals surface area (Å²) in [6.45, 7) is 10.8. The normalized spacial score (nSPS) is 53.8. The van der Waals surface area contributed by atoms with Gasteiger partial charge in [0.15, 0.2) is 0 Å². The van der Waals surface area contributed by atoms with Crippen LogP contribution in [-0.4, -0.2) is 56.9 Å². The van der Waals surface area contributed by atoms with Crippen LogP contribution in [0.2, 0.25) is 0 Å². The predicted molar refractivity (Wildman–Crippen MR) is 137 cm³/mol. The Labute approximate surface area is 216 Å². The molecule has 6 nitrogen and oxygen atoms in total. The van der Waals surface area contributed by atoms with Crippen LogP contribution in [-0.2, 0) is 4.79 Å². The van der Waals surface area contributed by atoms with E-state index in [2.05, 4.69) is 33.8 Å². The number of rotatable bonds is 3. The molecule has 4 saturated carbocycles. The topological polar surface area (TPSA) is 118 Å². The zero-order valence-corrected chi connectivity index (χ0v) is 22.9. The molecule has 10 atom stereocenters. The number of hydrogen-bond acceptors (Lipinski definition) is 5. The van der Waals surface area contributed by atoms with Gasteiger partial charge in [-0.3, -0.25) is 4.79 Å². The third-order valence-electron chi connectivity index (χ3n) is 13.2. The third kappa shape index (κ3) is 3.08. The first-order valence-corrected chi connectivity index (χ1v) is 14.2. The lowest BCUT2D eigenvalue weighted by atomic mass is 9.33. The molecule has 204 valence electrons. The Morgan fingerprint density at radius 3 is 2.19 bits per heavy atom. The largest absolute Gasteiger partial charge is 0.481 e. The number of aliphatic carboxylic acids is 1. The van der Waals surface area contributed by atoms with E-state index < -0.39 is 34.4 Å². The number of carboxylic acid groups (broad SMARTS) is 1. The first-order valence-electron chi connectivity index (χ1n) is 14.2. The van der Waals surface area contributed by atoms with Crippen molar-refractivity contribution in [1.29, 1.82) is 0 Å². The van der Waals surface area contributed by atoms with E-state index in [0.29, 0.717) is 12.8 Å². The van der Waals surface area contributed by atoms with Crippen molar-refractivity contribution in [2.24, 2.45) is 50.2 Å². The van der Waals surface area contributed by atoms with Crippen LogP contribution in [0.4, 0.5) is 0 Å². The van der Waals surface area contributed by atoms with Crippen LogP contribution in [0.1, 0.15) is 92.4 Å². The fourth-order valence-corrected chi connectivity index (χ4v) is 10.7. The second-order valence-electron chi connectivity index (χ2n) is 14.9. The molecule has 0 amide bonds. The van der Waals surface area contributed by atoms with Crippen molar-refractivity contribution in [2.45, 2.75) is 105 Å². The monoisotopic (exact) mass is 504 g/mol. The highest BCUT2D eigenvalue weighted by Gasteiger charge is 2.71. The number of aliphatic hydroxyl groups is 4. The molecule has 0 unspecified atom stereocenters. The Morgan fingerprint density at radius 1 is 0.917 bits per heavy atom. The van der Waals surface area contributed by atoms with E-state index >= 15 is 0 Å². The van der Waals surface area contributed by atoms with Crippen molar-refractivity contribution in [1.82, 2.24) is 0 Å². The minimum atomic E-state index is -1.02.